The van der Waals surface area contributed by atoms with Crippen molar-refractivity contribution in [1.82, 2.24) is 40.4 Å². The predicted molar refractivity (Wildman–Crippen MR) is 241 cm³/mol. The third kappa shape index (κ3) is 17.4. The number of ether oxygens (including phenoxy) is 8. The van der Waals surface area contributed by atoms with E-state index in [0.717, 1.165) is 51.4 Å². The summed E-state index contributed by atoms with van der Waals surface area (Å²) in [5.41, 5.74) is 4.50. The molecule has 0 radical (unpaired) electrons. The lowest BCUT2D eigenvalue weighted by Crippen LogP contribution is -2.49. The second-order valence-corrected chi connectivity index (χ2v) is 15.9. The SMILES string of the molecule is CN.CNC(=O)OCCCCCCNC(=O)C1CC2O[C@@H]1[C@@H](OC(C)=O)C2OC.CNC(=O)OCCCCCCNC(=O)C1CC2O[C@@H]1[C@@H](OC)C2OC(C)=O.O=C(n1ccnc1)n1ccnc1. The summed E-state index contributed by atoms with van der Waals surface area (Å²) in [7, 11) is 7.64. The van der Waals surface area contributed by atoms with Crippen molar-refractivity contribution >= 4 is 42.0 Å². The molecule has 2 aromatic rings. The fourth-order valence-electron chi connectivity index (χ4n) is 8.23. The Bertz CT molecular complexity index is 1800. The highest BCUT2D eigenvalue weighted by molar-refractivity contribution is 5.81. The number of nitrogens with zero attached hydrogens (tertiary/aromatic N) is 4. The Hall–Kier alpha value is -5.69. The minimum Gasteiger partial charge on any atom is -0.457 e. The fourth-order valence-corrected chi connectivity index (χ4v) is 8.23. The van der Waals surface area contributed by atoms with E-state index in [9.17, 15) is 33.6 Å². The molecule has 4 amide bonds. The summed E-state index contributed by atoms with van der Waals surface area (Å²) in [5.74, 6) is -1.51. The van der Waals surface area contributed by atoms with Crippen LogP contribution >= 0.6 is 0 Å². The molecule has 0 aliphatic carbocycles. The van der Waals surface area contributed by atoms with Crippen molar-refractivity contribution in [3.05, 3.63) is 37.4 Å². The molecule has 10 atom stereocenters. The van der Waals surface area contributed by atoms with Crippen LogP contribution in [0.3, 0.4) is 0 Å². The lowest BCUT2D eigenvalue weighted by atomic mass is 9.84. The van der Waals surface area contributed by atoms with Gasteiger partial charge in [0, 0.05) is 80.0 Å². The van der Waals surface area contributed by atoms with Crippen molar-refractivity contribution < 1.29 is 71.5 Å². The lowest BCUT2D eigenvalue weighted by molar-refractivity contribution is -0.158. The van der Waals surface area contributed by atoms with Crippen LogP contribution < -0.4 is 27.0 Å². The van der Waals surface area contributed by atoms with Gasteiger partial charge in [0.25, 0.3) is 0 Å². The monoisotopic (exact) mass is 966 g/mol. The van der Waals surface area contributed by atoms with Crippen LogP contribution in [0.5, 0.6) is 0 Å². The van der Waals surface area contributed by atoms with Gasteiger partial charge in [-0.25, -0.2) is 24.4 Å². The van der Waals surface area contributed by atoms with Gasteiger partial charge in [-0.3, -0.25) is 28.3 Å². The third-order valence-corrected chi connectivity index (χ3v) is 11.3. The molecular formula is C44H71N9O15. The van der Waals surface area contributed by atoms with Gasteiger partial charge < -0.3 is 64.9 Å². The van der Waals surface area contributed by atoms with Crippen molar-refractivity contribution in [3.8, 4) is 0 Å². The number of hydrogen-bond donors (Lipinski definition) is 5. The van der Waals surface area contributed by atoms with Gasteiger partial charge in [-0.15, -0.1) is 0 Å². The number of methoxy groups -OCH3 is 2. The molecule has 4 fully saturated rings. The van der Waals surface area contributed by atoms with E-state index in [-0.39, 0.29) is 60.1 Å². The highest BCUT2D eigenvalue weighted by atomic mass is 16.6. The first-order chi connectivity index (χ1) is 32.8. The molecule has 0 aromatic carbocycles. The first-order valence-corrected chi connectivity index (χ1v) is 22.9. The van der Waals surface area contributed by atoms with Crippen LogP contribution in [0.1, 0.15) is 78.1 Å². The van der Waals surface area contributed by atoms with Gasteiger partial charge in [-0.05, 0) is 58.4 Å². The summed E-state index contributed by atoms with van der Waals surface area (Å²) < 4.78 is 45.6. The van der Waals surface area contributed by atoms with Gasteiger partial charge in [0.15, 0.2) is 12.2 Å². The first kappa shape index (κ1) is 56.6. The Morgan fingerprint density at radius 3 is 1.41 bits per heavy atom. The Kier molecular flexibility index (Phi) is 25.5. The average molecular weight is 966 g/mol. The van der Waals surface area contributed by atoms with Crippen LogP contribution in [0.2, 0.25) is 0 Å². The van der Waals surface area contributed by atoms with E-state index >= 15 is 0 Å². The molecule has 2 aromatic heterocycles. The third-order valence-electron chi connectivity index (χ3n) is 11.3. The van der Waals surface area contributed by atoms with Gasteiger partial charge >= 0.3 is 30.2 Å². The van der Waals surface area contributed by atoms with Crippen LogP contribution in [-0.4, -0.2) is 172 Å². The largest absolute Gasteiger partial charge is 0.457 e. The lowest BCUT2D eigenvalue weighted by Gasteiger charge is -2.30. The van der Waals surface area contributed by atoms with Crippen LogP contribution in [0.25, 0.3) is 0 Å². The quantitative estimate of drug-likeness (QED) is 0.0716. The molecule has 0 spiro atoms. The first-order valence-electron chi connectivity index (χ1n) is 22.9. The second kappa shape index (κ2) is 30.6. The normalized spacial score (nSPS) is 24.6. The number of carbonyl (C=O) groups is 7. The number of nitrogens with one attached hydrogen (secondary N) is 4. The highest BCUT2D eigenvalue weighted by Crippen LogP contribution is 2.43. The summed E-state index contributed by atoms with van der Waals surface area (Å²) in [6.45, 7) is 4.66. The van der Waals surface area contributed by atoms with E-state index in [4.69, 9.17) is 37.9 Å². The number of unbranched alkanes of at least 4 members (excludes halogenated alkanes) is 6. The average Bonchev–Trinajstić information content (AvgIpc) is 4.21. The molecule has 68 heavy (non-hydrogen) atoms. The van der Waals surface area contributed by atoms with Gasteiger partial charge in [0.1, 0.15) is 31.0 Å². The Balaban J connectivity index is 0.000000282. The molecule has 6 rings (SSSR count). The Labute approximate surface area is 396 Å². The van der Waals surface area contributed by atoms with Crippen LogP contribution in [0.4, 0.5) is 14.4 Å². The van der Waals surface area contributed by atoms with Gasteiger partial charge in [0.05, 0.1) is 43.4 Å². The number of aromatic nitrogens is 4. The Morgan fingerprint density at radius 2 is 1.01 bits per heavy atom. The van der Waals surface area contributed by atoms with Crippen molar-refractivity contribution in [1.29, 1.82) is 0 Å². The topological polar surface area (TPSA) is 303 Å². The maximum atomic E-state index is 12.5. The summed E-state index contributed by atoms with van der Waals surface area (Å²) in [5, 5.41) is 10.7. The zero-order valence-corrected chi connectivity index (χ0v) is 40.1. The van der Waals surface area contributed by atoms with Crippen molar-refractivity contribution in [2.75, 3.05) is 61.7 Å². The highest BCUT2D eigenvalue weighted by Gasteiger charge is 2.59. The zero-order chi connectivity index (χ0) is 50.0. The van der Waals surface area contributed by atoms with Crippen molar-refractivity contribution in [2.24, 2.45) is 17.6 Å². The Morgan fingerprint density at radius 1 is 0.603 bits per heavy atom. The number of nitrogens with two attached hydrogens (primary N) is 1. The van der Waals surface area contributed by atoms with E-state index in [1.807, 2.05) is 0 Å². The molecule has 0 saturated carbocycles. The number of esters is 2. The van der Waals surface area contributed by atoms with E-state index in [0.29, 0.717) is 39.1 Å². The second-order valence-electron chi connectivity index (χ2n) is 15.9. The molecule has 6 N–H and O–H groups in total. The summed E-state index contributed by atoms with van der Waals surface area (Å²) in [6.07, 6.45) is 13.4. The number of rotatable bonds is 20. The minimum atomic E-state index is -0.540. The maximum absolute atomic E-state index is 12.5. The fraction of sp³-hybridized carbons (Fsp3) is 0.705. The van der Waals surface area contributed by atoms with Crippen LogP contribution in [-0.2, 0) is 57.1 Å². The summed E-state index contributed by atoms with van der Waals surface area (Å²) in [6, 6.07) is -0.190. The molecule has 6 heterocycles. The number of carbonyl (C=O) groups excluding carboxylic acids is 7. The number of alkyl carbamates (subject to hydrolysis) is 2. The smallest absolute Gasteiger partial charge is 0.406 e. The number of imidazole rings is 2. The summed E-state index contributed by atoms with van der Waals surface area (Å²) in [4.78, 5) is 88.2. The number of hydrogen-bond acceptors (Lipinski definition) is 18. The number of amides is 4. The molecule has 4 saturated heterocycles. The van der Waals surface area contributed by atoms with Crippen LogP contribution in [0.15, 0.2) is 37.4 Å². The summed E-state index contributed by atoms with van der Waals surface area (Å²) >= 11 is 0. The molecule has 24 nitrogen and oxygen atoms in total. The minimum absolute atomic E-state index is 0.0474. The molecule has 6 unspecified atom stereocenters. The van der Waals surface area contributed by atoms with E-state index < -0.39 is 42.6 Å². The standard InChI is InChI=1S/2C18H30N2O7.C7H6N4O.CH5N/c1-11(21)26-15-13-10-12(14(27-13)16(15)24-3)17(22)20-8-6-4-5-7-9-25-18(23)19-2;1-11(21)26-16-14-12(10-13(27-14)15(16)24-3)17(22)20-8-6-4-5-7-9-25-18(23)19-2;12-7(10-3-1-8-5-10)11-4-2-9-6-11;1-2/h2*12-16H,4-10H2,1-3H3,(H,19,23)(H,20,22);1-6H;2H2,1H3/t2*12?,13?,14-,15?,16+;;/m00../s1. The van der Waals surface area contributed by atoms with Crippen LogP contribution in [0, 0.1) is 11.8 Å². The molecule has 4 aliphatic rings. The molecule has 4 bridgehead atoms. The van der Waals surface area contributed by atoms with Crippen molar-refractivity contribution in [2.45, 2.75) is 127 Å². The maximum Gasteiger partial charge on any atom is 0.406 e. The molecule has 24 heteroatoms. The predicted octanol–water partition coefficient (Wildman–Crippen LogP) is 1.68. The van der Waals surface area contributed by atoms with E-state index in [1.165, 1.54) is 63.9 Å². The van der Waals surface area contributed by atoms with E-state index in [2.05, 4.69) is 37.0 Å². The molecule has 4 aliphatic heterocycles. The van der Waals surface area contributed by atoms with Gasteiger partial charge in [-0.2, -0.15) is 0 Å². The zero-order valence-electron chi connectivity index (χ0n) is 40.1. The number of fused-ring (bicyclic) bond motifs is 4. The molecular weight excluding hydrogens is 895 g/mol. The van der Waals surface area contributed by atoms with Gasteiger partial charge in [0.2, 0.25) is 11.8 Å². The van der Waals surface area contributed by atoms with Crippen molar-refractivity contribution in [3.63, 3.8) is 0 Å². The molecule has 382 valence electrons. The van der Waals surface area contributed by atoms with E-state index in [1.54, 1.807) is 31.9 Å². The van der Waals surface area contributed by atoms with Gasteiger partial charge in [-0.1, -0.05) is 12.8 Å².